The van der Waals surface area contributed by atoms with Gasteiger partial charge in [-0.1, -0.05) is 26.2 Å². The second kappa shape index (κ2) is 7.79. The Bertz CT molecular complexity index is 925. The number of ether oxygens (including phenoxy) is 2. The average Bonchev–Trinajstić information content (AvgIpc) is 3.24. The molecule has 1 aliphatic heterocycles. The minimum atomic E-state index is -1.25. The SMILES string of the molecule is CC1(CC(=O)OC[C@H]2O[C@@](C)(c3ccc4c(N)ncnn34)[C@H](O)[C@@H]2O)CCCCC1. The first-order valence-corrected chi connectivity index (χ1v) is 10.5. The second-order valence-corrected chi connectivity index (χ2v) is 9.09. The summed E-state index contributed by atoms with van der Waals surface area (Å²) in [6.45, 7) is 3.68. The maximum absolute atomic E-state index is 12.4. The van der Waals surface area contributed by atoms with Gasteiger partial charge in [0.05, 0.1) is 12.1 Å². The van der Waals surface area contributed by atoms with Gasteiger partial charge in [-0.15, -0.1) is 0 Å². The van der Waals surface area contributed by atoms with Crippen LogP contribution in [0.2, 0.25) is 0 Å². The van der Waals surface area contributed by atoms with E-state index < -0.39 is 23.9 Å². The van der Waals surface area contributed by atoms with Gasteiger partial charge in [0.2, 0.25) is 0 Å². The molecule has 1 saturated heterocycles. The number of fused-ring (bicyclic) bond motifs is 1. The highest BCUT2D eigenvalue weighted by Crippen LogP contribution is 2.41. The van der Waals surface area contributed by atoms with Crippen LogP contribution in [0.15, 0.2) is 18.5 Å². The molecule has 9 nitrogen and oxygen atoms in total. The van der Waals surface area contributed by atoms with Crippen molar-refractivity contribution >= 4 is 17.3 Å². The fourth-order valence-corrected chi connectivity index (χ4v) is 4.81. The maximum Gasteiger partial charge on any atom is 0.306 e. The highest BCUT2D eigenvalue weighted by molar-refractivity contribution is 5.70. The Labute approximate surface area is 175 Å². The molecule has 2 aliphatic rings. The molecule has 0 unspecified atom stereocenters. The van der Waals surface area contributed by atoms with Gasteiger partial charge in [-0.2, -0.15) is 5.10 Å². The van der Waals surface area contributed by atoms with Crippen LogP contribution in [0.1, 0.15) is 58.1 Å². The summed E-state index contributed by atoms with van der Waals surface area (Å²) < 4.78 is 13.0. The van der Waals surface area contributed by atoms with E-state index in [4.69, 9.17) is 15.2 Å². The second-order valence-electron chi connectivity index (χ2n) is 9.09. The van der Waals surface area contributed by atoms with E-state index in [1.165, 1.54) is 17.3 Å². The summed E-state index contributed by atoms with van der Waals surface area (Å²) in [5, 5.41) is 25.5. The average molecular weight is 418 g/mol. The molecule has 164 valence electrons. The number of nitrogens with zero attached hydrogens (tertiary/aromatic N) is 3. The normalized spacial score (nSPS) is 31.1. The lowest BCUT2D eigenvalue weighted by molar-refractivity contribution is -0.155. The van der Waals surface area contributed by atoms with Crippen molar-refractivity contribution in [2.45, 2.75) is 76.3 Å². The zero-order valence-corrected chi connectivity index (χ0v) is 17.5. The standard InChI is InChI=1S/C21H30N4O5/c1-20(8-4-3-5-9-20)10-16(26)29-11-14-17(27)18(28)21(2,30-14)15-7-6-13-19(22)23-12-24-25(13)15/h6-7,12,14,17-18,27-28H,3-5,8-11H2,1-2H3,(H2,22,23,24)/t14-,17-,18-,21+/m1/s1. The molecule has 2 aromatic heterocycles. The van der Waals surface area contributed by atoms with Crippen LogP contribution in [-0.2, 0) is 19.9 Å². The van der Waals surface area contributed by atoms with Gasteiger partial charge in [0, 0.05) is 0 Å². The molecular formula is C21H30N4O5. The van der Waals surface area contributed by atoms with Crippen molar-refractivity contribution in [1.29, 1.82) is 0 Å². The molecule has 0 bridgehead atoms. The number of carbonyl (C=O) groups excluding carboxylic acids is 1. The largest absolute Gasteiger partial charge is 0.463 e. The van der Waals surface area contributed by atoms with Gasteiger partial charge in [-0.25, -0.2) is 9.50 Å². The number of rotatable bonds is 5. The predicted molar refractivity (Wildman–Crippen MR) is 108 cm³/mol. The minimum absolute atomic E-state index is 0.0248. The van der Waals surface area contributed by atoms with Crippen LogP contribution >= 0.6 is 0 Å². The van der Waals surface area contributed by atoms with Crippen molar-refractivity contribution in [2.75, 3.05) is 12.3 Å². The van der Waals surface area contributed by atoms with Crippen molar-refractivity contribution in [2.24, 2.45) is 5.41 Å². The number of aliphatic hydroxyl groups excluding tert-OH is 2. The number of aliphatic hydroxyl groups is 2. The molecule has 0 amide bonds. The lowest BCUT2D eigenvalue weighted by atomic mass is 9.73. The maximum atomic E-state index is 12.4. The monoisotopic (exact) mass is 418 g/mol. The molecule has 9 heteroatoms. The van der Waals surface area contributed by atoms with E-state index in [9.17, 15) is 15.0 Å². The van der Waals surface area contributed by atoms with Crippen molar-refractivity contribution in [3.05, 3.63) is 24.2 Å². The molecule has 1 saturated carbocycles. The predicted octanol–water partition coefficient (Wildman–Crippen LogP) is 1.55. The molecule has 30 heavy (non-hydrogen) atoms. The van der Waals surface area contributed by atoms with E-state index in [2.05, 4.69) is 17.0 Å². The summed E-state index contributed by atoms with van der Waals surface area (Å²) in [7, 11) is 0. The molecule has 1 aliphatic carbocycles. The first-order chi connectivity index (χ1) is 14.2. The third-order valence-corrected chi connectivity index (χ3v) is 6.70. The number of anilines is 1. The molecule has 4 atom stereocenters. The van der Waals surface area contributed by atoms with Crippen LogP contribution in [0.4, 0.5) is 5.82 Å². The van der Waals surface area contributed by atoms with E-state index in [1.54, 1.807) is 19.1 Å². The third kappa shape index (κ3) is 3.66. The Morgan fingerprint density at radius 2 is 2.03 bits per heavy atom. The van der Waals surface area contributed by atoms with Crippen LogP contribution in [0.25, 0.3) is 5.52 Å². The van der Waals surface area contributed by atoms with Crippen LogP contribution in [0.3, 0.4) is 0 Å². The minimum Gasteiger partial charge on any atom is -0.463 e. The Morgan fingerprint density at radius 3 is 2.77 bits per heavy atom. The van der Waals surface area contributed by atoms with E-state index in [0.717, 1.165) is 25.7 Å². The first-order valence-electron chi connectivity index (χ1n) is 10.5. The molecule has 3 heterocycles. The highest BCUT2D eigenvalue weighted by Gasteiger charge is 2.54. The third-order valence-electron chi connectivity index (χ3n) is 6.70. The molecule has 4 N–H and O–H groups in total. The van der Waals surface area contributed by atoms with E-state index in [1.807, 2.05) is 0 Å². The zero-order chi connectivity index (χ0) is 21.5. The molecule has 0 radical (unpaired) electrons. The van der Waals surface area contributed by atoms with Crippen LogP contribution < -0.4 is 5.73 Å². The molecular weight excluding hydrogens is 388 g/mol. The summed E-state index contributed by atoms with van der Waals surface area (Å²) in [6, 6.07) is 3.46. The highest BCUT2D eigenvalue weighted by atomic mass is 16.6. The van der Waals surface area contributed by atoms with Crippen molar-refractivity contribution in [3.63, 3.8) is 0 Å². The van der Waals surface area contributed by atoms with Crippen LogP contribution in [0, 0.1) is 5.41 Å². The van der Waals surface area contributed by atoms with Gasteiger partial charge >= 0.3 is 5.97 Å². The smallest absolute Gasteiger partial charge is 0.306 e. The van der Waals surface area contributed by atoms with Crippen LogP contribution in [-0.4, -0.2) is 55.7 Å². The van der Waals surface area contributed by atoms with Crippen molar-refractivity contribution in [1.82, 2.24) is 14.6 Å². The van der Waals surface area contributed by atoms with Crippen molar-refractivity contribution < 1.29 is 24.5 Å². The summed E-state index contributed by atoms with van der Waals surface area (Å²) in [5.74, 6) is 0.00140. The van der Waals surface area contributed by atoms with Crippen LogP contribution in [0.5, 0.6) is 0 Å². The quantitative estimate of drug-likeness (QED) is 0.623. The van der Waals surface area contributed by atoms with Gasteiger partial charge in [0.15, 0.2) is 5.82 Å². The first kappa shape index (κ1) is 21.0. The molecule has 4 rings (SSSR count). The van der Waals surface area contributed by atoms with E-state index in [-0.39, 0.29) is 18.0 Å². The summed E-state index contributed by atoms with van der Waals surface area (Å²) in [5.41, 5.74) is 5.72. The molecule has 2 aromatic rings. The number of esters is 1. The van der Waals surface area contributed by atoms with Gasteiger partial charge in [-0.3, -0.25) is 4.79 Å². The lowest BCUT2D eigenvalue weighted by Gasteiger charge is -2.32. The fourth-order valence-electron chi connectivity index (χ4n) is 4.81. The number of hydrogen-bond donors (Lipinski definition) is 3. The summed E-state index contributed by atoms with van der Waals surface area (Å²) in [6.07, 6.45) is 3.92. The van der Waals surface area contributed by atoms with Gasteiger partial charge in [0.25, 0.3) is 0 Å². The molecule has 2 fully saturated rings. The number of aromatic nitrogens is 3. The van der Waals surface area contributed by atoms with Gasteiger partial charge in [-0.05, 0) is 37.3 Å². The number of carbonyl (C=O) groups is 1. The summed E-state index contributed by atoms with van der Waals surface area (Å²) in [4.78, 5) is 16.4. The fraction of sp³-hybridized carbons (Fsp3) is 0.667. The van der Waals surface area contributed by atoms with Gasteiger partial charge < -0.3 is 25.4 Å². The van der Waals surface area contributed by atoms with Gasteiger partial charge in [0.1, 0.15) is 42.4 Å². The Morgan fingerprint density at radius 1 is 1.30 bits per heavy atom. The molecule has 0 aromatic carbocycles. The topological polar surface area (TPSA) is 132 Å². The zero-order valence-electron chi connectivity index (χ0n) is 17.5. The summed E-state index contributed by atoms with van der Waals surface area (Å²) >= 11 is 0. The van der Waals surface area contributed by atoms with E-state index in [0.29, 0.717) is 23.4 Å². The number of nitrogens with two attached hydrogens (primary N) is 1. The Balaban J connectivity index is 1.45. The Hall–Kier alpha value is -2.23. The number of nitrogen functional groups attached to an aromatic ring is 1. The number of hydrogen-bond acceptors (Lipinski definition) is 8. The Kier molecular flexibility index (Phi) is 5.46. The molecule has 0 spiro atoms. The van der Waals surface area contributed by atoms with Crippen molar-refractivity contribution in [3.8, 4) is 0 Å². The lowest BCUT2D eigenvalue weighted by Crippen LogP contribution is -2.39. The van der Waals surface area contributed by atoms with E-state index >= 15 is 0 Å².